The summed E-state index contributed by atoms with van der Waals surface area (Å²) in [6.45, 7) is 3.81. The second kappa shape index (κ2) is 5.66. The molecule has 0 spiro atoms. The molecule has 102 valence electrons. The molecular weight excluding hydrogens is 288 g/mol. The summed E-state index contributed by atoms with van der Waals surface area (Å²) in [5.74, 6) is -0.349. The molecule has 19 heavy (non-hydrogen) atoms. The predicted octanol–water partition coefficient (Wildman–Crippen LogP) is 2.79. The Kier molecular flexibility index (Phi) is 4.16. The van der Waals surface area contributed by atoms with E-state index in [0.717, 1.165) is 10.4 Å². The van der Waals surface area contributed by atoms with Crippen LogP contribution in [0.1, 0.15) is 31.4 Å². The average molecular weight is 301 g/mol. The molecule has 0 amide bonds. The van der Waals surface area contributed by atoms with Crippen molar-refractivity contribution in [2.75, 3.05) is 0 Å². The zero-order chi connectivity index (χ0) is 14.0. The fourth-order valence-corrected chi connectivity index (χ4v) is 3.03. The highest BCUT2D eigenvalue weighted by atomic mass is 35.5. The minimum atomic E-state index is -0.873. The summed E-state index contributed by atoms with van der Waals surface area (Å²) < 4.78 is 1.55. The molecule has 0 radical (unpaired) electrons. The van der Waals surface area contributed by atoms with E-state index in [4.69, 9.17) is 16.7 Å². The molecular formula is C11H13ClN4O2S. The van der Waals surface area contributed by atoms with Crippen LogP contribution >= 0.6 is 22.9 Å². The van der Waals surface area contributed by atoms with Crippen LogP contribution in [0, 0.1) is 6.92 Å². The Morgan fingerprint density at radius 1 is 1.63 bits per heavy atom. The van der Waals surface area contributed by atoms with E-state index in [-0.39, 0.29) is 12.5 Å². The number of carboxylic acids is 1. The van der Waals surface area contributed by atoms with Gasteiger partial charge in [-0.3, -0.25) is 4.79 Å². The first-order valence-corrected chi connectivity index (χ1v) is 7.04. The van der Waals surface area contributed by atoms with E-state index in [9.17, 15) is 4.79 Å². The average Bonchev–Trinajstić information content (AvgIpc) is 2.95. The van der Waals surface area contributed by atoms with Gasteiger partial charge in [0.2, 0.25) is 0 Å². The molecule has 8 heteroatoms. The van der Waals surface area contributed by atoms with Crippen LogP contribution in [0.25, 0.3) is 10.7 Å². The van der Waals surface area contributed by atoms with E-state index in [1.165, 1.54) is 11.3 Å². The Morgan fingerprint density at radius 2 is 2.37 bits per heavy atom. The Hall–Kier alpha value is -1.47. The normalized spacial score (nSPS) is 12.6. The van der Waals surface area contributed by atoms with E-state index in [1.54, 1.807) is 4.68 Å². The number of carbonyl (C=O) groups is 1. The fraction of sp³-hybridized carbons (Fsp3) is 0.455. The predicted molar refractivity (Wildman–Crippen MR) is 72.5 cm³/mol. The molecule has 1 N–H and O–H groups in total. The van der Waals surface area contributed by atoms with Crippen LogP contribution in [0.5, 0.6) is 0 Å². The molecule has 0 fully saturated rings. The number of nitrogens with zero attached hydrogens (tertiary/aromatic N) is 4. The summed E-state index contributed by atoms with van der Waals surface area (Å²) in [5, 5.41) is 23.0. The van der Waals surface area contributed by atoms with Crippen LogP contribution in [-0.2, 0) is 4.79 Å². The first-order valence-electron chi connectivity index (χ1n) is 5.78. The molecule has 2 aromatic heterocycles. The van der Waals surface area contributed by atoms with Gasteiger partial charge in [0.05, 0.1) is 22.4 Å². The van der Waals surface area contributed by atoms with Gasteiger partial charge in [-0.05, 0) is 34.7 Å². The van der Waals surface area contributed by atoms with Crippen molar-refractivity contribution >= 4 is 28.9 Å². The molecule has 0 aliphatic carbocycles. The zero-order valence-electron chi connectivity index (χ0n) is 10.5. The summed E-state index contributed by atoms with van der Waals surface area (Å²) in [4.78, 5) is 11.6. The summed E-state index contributed by atoms with van der Waals surface area (Å²) in [5.41, 5.74) is 0.961. The molecule has 2 aromatic rings. The largest absolute Gasteiger partial charge is 0.481 e. The van der Waals surface area contributed by atoms with Crippen molar-refractivity contribution in [3.05, 3.63) is 16.0 Å². The number of aryl methyl sites for hydroxylation is 1. The number of aromatic nitrogens is 4. The lowest BCUT2D eigenvalue weighted by Crippen LogP contribution is -2.15. The number of thiophene rings is 1. The fourth-order valence-electron chi connectivity index (χ4n) is 1.78. The number of hydrogen-bond acceptors (Lipinski definition) is 5. The Morgan fingerprint density at radius 3 is 2.89 bits per heavy atom. The lowest BCUT2D eigenvalue weighted by atomic mass is 10.1. The van der Waals surface area contributed by atoms with E-state index in [0.29, 0.717) is 17.3 Å². The second-order valence-electron chi connectivity index (χ2n) is 4.17. The van der Waals surface area contributed by atoms with Crippen molar-refractivity contribution in [2.24, 2.45) is 0 Å². The molecule has 6 nitrogen and oxygen atoms in total. The summed E-state index contributed by atoms with van der Waals surface area (Å²) in [6.07, 6.45) is 0.614. The topological polar surface area (TPSA) is 80.9 Å². The van der Waals surface area contributed by atoms with Gasteiger partial charge in [0, 0.05) is 0 Å². The summed E-state index contributed by atoms with van der Waals surface area (Å²) in [6, 6.07) is -0.277. The summed E-state index contributed by atoms with van der Waals surface area (Å²) in [7, 11) is 0. The van der Waals surface area contributed by atoms with Crippen LogP contribution in [0.2, 0.25) is 5.02 Å². The smallest absolute Gasteiger partial charge is 0.305 e. The minimum absolute atomic E-state index is 0.0173. The van der Waals surface area contributed by atoms with Gasteiger partial charge in [0.1, 0.15) is 0 Å². The maximum absolute atomic E-state index is 10.9. The maximum atomic E-state index is 10.9. The maximum Gasteiger partial charge on any atom is 0.305 e. The van der Waals surface area contributed by atoms with Gasteiger partial charge >= 0.3 is 5.97 Å². The van der Waals surface area contributed by atoms with E-state index < -0.39 is 5.97 Å². The third-order valence-electron chi connectivity index (χ3n) is 2.82. The number of tetrazole rings is 1. The monoisotopic (exact) mass is 300 g/mol. The number of aliphatic carboxylic acids is 1. The van der Waals surface area contributed by atoms with Crippen molar-refractivity contribution in [1.29, 1.82) is 0 Å². The molecule has 0 saturated heterocycles. The van der Waals surface area contributed by atoms with E-state index >= 15 is 0 Å². The SMILES string of the molecule is CCC(CC(=O)O)n1nnnc1-c1scc(C)c1Cl. The molecule has 1 atom stereocenters. The molecule has 1 unspecified atom stereocenters. The number of carboxylic acid groups (broad SMARTS) is 1. The number of halogens is 1. The highest BCUT2D eigenvalue weighted by Gasteiger charge is 2.22. The van der Waals surface area contributed by atoms with Crippen molar-refractivity contribution in [2.45, 2.75) is 32.7 Å². The third-order valence-corrected chi connectivity index (χ3v) is 4.52. The standard InChI is InChI=1S/C11H13ClN4O2S/c1-3-7(4-8(17)18)16-11(13-14-15-16)10-9(12)6(2)5-19-10/h5,7H,3-4H2,1-2H3,(H,17,18). The molecule has 2 rings (SSSR count). The molecule has 0 bridgehead atoms. The highest BCUT2D eigenvalue weighted by molar-refractivity contribution is 7.14. The zero-order valence-corrected chi connectivity index (χ0v) is 12.1. The number of hydrogen-bond donors (Lipinski definition) is 1. The van der Waals surface area contributed by atoms with E-state index in [2.05, 4.69) is 15.5 Å². The molecule has 2 heterocycles. The lowest BCUT2D eigenvalue weighted by molar-refractivity contribution is -0.138. The van der Waals surface area contributed by atoms with Gasteiger partial charge in [-0.25, -0.2) is 4.68 Å². The molecule has 0 aliphatic rings. The lowest BCUT2D eigenvalue weighted by Gasteiger charge is -2.13. The summed E-state index contributed by atoms with van der Waals surface area (Å²) >= 11 is 7.66. The third kappa shape index (κ3) is 2.76. The highest BCUT2D eigenvalue weighted by Crippen LogP contribution is 2.36. The van der Waals surface area contributed by atoms with Gasteiger partial charge in [0.15, 0.2) is 5.82 Å². The minimum Gasteiger partial charge on any atom is -0.481 e. The van der Waals surface area contributed by atoms with Crippen molar-refractivity contribution < 1.29 is 9.90 Å². The van der Waals surface area contributed by atoms with Crippen molar-refractivity contribution in [3.63, 3.8) is 0 Å². The van der Waals surface area contributed by atoms with Gasteiger partial charge < -0.3 is 5.11 Å². The number of rotatable bonds is 5. The van der Waals surface area contributed by atoms with Gasteiger partial charge in [-0.1, -0.05) is 18.5 Å². The van der Waals surface area contributed by atoms with Crippen LogP contribution in [0.4, 0.5) is 0 Å². The first kappa shape index (κ1) is 14.0. The van der Waals surface area contributed by atoms with Crippen molar-refractivity contribution in [3.8, 4) is 10.7 Å². The van der Waals surface area contributed by atoms with Crippen LogP contribution in [0.15, 0.2) is 5.38 Å². The van der Waals surface area contributed by atoms with Crippen LogP contribution in [0.3, 0.4) is 0 Å². The quantitative estimate of drug-likeness (QED) is 0.918. The van der Waals surface area contributed by atoms with Gasteiger partial charge in [-0.15, -0.1) is 16.4 Å². The Balaban J connectivity index is 2.41. The second-order valence-corrected chi connectivity index (χ2v) is 5.43. The van der Waals surface area contributed by atoms with Crippen LogP contribution < -0.4 is 0 Å². The molecule has 0 saturated carbocycles. The van der Waals surface area contributed by atoms with Crippen molar-refractivity contribution in [1.82, 2.24) is 20.2 Å². The van der Waals surface area contributed by atoms with Gasteiger partial charge in [-0.2, -0.15) is 0 Å². The van der Waals surface area contributed by atoms with Crippen LogP contribution in [-0.4, -0.2) is 31.3 Å². The molecule has 0 aromatic carbocycles. The first-order chi connectivity index (χ1) is 9.04. The Labute approximate surface area is 119 Å². The van der Waals surface area contributed by atoms with E-state index in [1.807, 2.05) is 19.2 Å². The Bertz CT molecular complexity index is 595. The van der Waals surface area contributed by atoms with Gasteiger partial charge in [0.25, 0.3) is 0 Å². The molecule has 0 aliphatic heterocycles.